The Balaban J connectivity index is 1.44. The number of nitriles is 1. The van der Waals surface area contributed by atoms with Crippen LogP contribution in [0.4, 0.5) is 16.2 Å². The molecule has 2 aromatic rings. The molecule has 3 amide bonds. The highest BCUT2D eigenvalue weighted by atomic mass is 32.2. The summed E-state index contributed by atoms with van der Waals surface area (Å²) in [6, 6.07) is 17.1. The van der Waals surface area contributed by atoms with Crippen LogP contribution in [0, 0.1) is 17.2 Å². The quantitative estimate of drug-likeness (QED) is 0.253. The number of rotatable bonds is 15. The number of urea groups is 1. The van der Waals surface area contributed by atoms with Crippen molar-refractivity contribution in [2.24, 2.45) is 5.92 Å². The van der Waals surface area contributed by atoms with Crippen molar-refractivity contribution >= 4 is 47.0 Å². The minimum atomic E-state index is -0.889. The molecule has 11 nitrogen and oxygen atoms in total. The third-order valence-corrected chi connectivity index (χ3v) is 8.27. The lowest BCUT2D eigenvalue weighted by Crippen LogP contribution is -2.36. The molecule has 3 unspecified atom stereocenters. The van der Waals surface area contributed by atoms with E-state index in [4.69, 9.17) is 9.47 Å². The molecule has 1 aliphatic heterocycles. The zero-order chi connectivity index (χ0) is 31.2. The van der Waals surface area contributed by atoms with Crippen LogP contribution in [0.3, 0.4) is 0 Å². The maximum Gasteiger partial charge on any atom is 0.325 e. The number of nitrogens with zero attached hydrogens (tertiary/aromatic N) is 2. The summed E-state index contributed by atoms with van der Waals surface area (Å²) >= 11 is 1.51. The molecule has 0 bridgehead atoms. The molecule has 0 spiro atoms. The summed E-state index contributed by atoms with van der Waals surface area (Å²) in [4.78, 5) is 50.1. The largest absolute Gasteiger partial charge is 0.465 e. The van der Waals surface area contributed by atoms with Gasteiger partial charge in [0.15, 0.2) is 0 Å². The van der Waals surface area contributed by atoms with Crippen molar-refractivity contribution in [2.75, 3.05) is 43.5 Å². The number of nitrogens with one attached hydrogen (secondary N) is 3. The van der Waals surface area contributed by atoms with Crippen LogP contribution in [0.2, 0.25) is 0 Å². The van der Waals surface area contributed by atoms with E-state index in [0.717, 1.165) is 16.8 Å². The number of carbonyl (C=O) groups excluding carboxylic acids is 4. The van der Waals surface area contributed by atoms with Crippen LogP contribution in [-0.2, 0) is 30.3 Å². The van der Waals surface area contributed by atoms with Gasteiger partial charge in [0.1, 0.15) is 12.5 Å². The molecule has 1 fully saturated rings. The van der Waals surface area contributed by atoms with Gasteiger partial charge in [0.25, 0.3) is 0 Å². The fraction of sp³-hybridized carbons (Fsp3) is 0.452. The first-order chi connectivity index (χ1) is 20.8. The third-order valence-electron chi connectivity index (χ3n) is 6.74. The Morgan fingerprint density at radius 3 is 2.19 bits per heavy atom. The van der Waals surface area contributed by atoms with E-state index in [0.29, 0.717) is 31.6 Å². The first-order valence-corrected chi connectivity index (χ1v) is 15.4. The highest BCUT2D eigenvalue weighted by molar-refractivity contribution is 8.01. The van der Waals surface area contributed by atoms with Crippen molar-refractivity contribution in [3.05, 3.63) is 59.7 Å². The van der Waals surface area contributed by atoms with Crippen LogP contribution in [0.15, 0.2) is 48.5 Å². The van der Waals surface area contributed by atoms with Crippen LogP contribution < -0.4 is 16.0 Å². The molecule has 3 atom stereocenters. The van der Waals surface area contributed by atoms with E-state index in [1.54, 1.807) is 30.9 Å². The Kier molecular flexibility index (Phi) is 13.2. The van der Waals surface area contributed by atoms with E-state index in [9.17, 15) is 24.4 Å². The molecule has 12 heteroatoms. The van der Waals surface area contributed by atoms with Gasteiger partial charge in [-0.05, 0) is 69.0 Å². The second kappa shape index (κ2) is 17.0. The number of thioether (sulfide) groups is 1. The first-order valence-electron chi connectivity index (χ1n) is 14.4. The van der Waals surface area contributed by atoms with E-state index in [1.807, 2.05) is 49.4 Å². The molecule has 1 saturated heterocycles. The summed E-state index contributed by atoms with van der Waals surface area (Å²) in [6.45, 7) is 6.72. The second-order valence-corrected chi connectivity index (χ2v) is 11.2. The van der Waals surface area contributed by atoms with Crippen LogP contribution in [0.25, 0.3) is 0 Å². The van der Waals surface area contributed by atoms with E-state index in [1.165, 1.54) is 11.8 Å². The van der Waals surface area contributed by atoms with Gasteiger partial charge >= 0.3 is 18.0 Å². The number of anilines is 2. The Bertz CT molecular complexity index is 1280. The summed E-state index contributed by atoms with van der Waals surface area (Å²) in [5.74, 6) is -1.88. The lowest BCUT2D eigenvalue weighted by molar-refractivity contribution is -0.147. The molecule has 0 aliphatic carbocycles. The number of amides is 3. The molecule has 0 radical (unpaired) electrons. The number of carbonyl (C=O) groups is 4. The Morgan fingerprint density at radius 1 is 0.977 bits per heavy atom. The minimum absolute atomic E-state index is 0.0359. The molecule has 1 aliphatic rings. The zero-order valence-corrected chi connectivity index (χ0v) is 25.6. The summed E-state index contributed by atoms with van der Waals surface area (Å²) in [6.07, 6.45) is 1.60. The highest BCUT2D eigenvalue weighted by Gasteiger charge is 2.41. The Labute approximate surface area is 256 Å². The van der Waals surface area contributed by atoms with Gasteiger partial charge in [0.2, 0.25) is 5.91 Å². The van der Waals surface area contributed by atoms with Gasteiger partial charge in [-0.3, -0.25) is 14.4 Å². The summed E-state index contributed by atoms with van der Waals surface area (Å²) in [7, 11) is 0. The predicted octanol–water partition coefficient (Wildman–Crippen LogP) is 4.15. The number of hydrogen-bond donors (Lipinski definition) is 3. The van der Waals surface area contributed by atoms with Gasteiger partial charge in [-0.1, -0.05) is 24.3 Å². The van der Waals surface area contributed by atoms with E-state index < -0.39 is 23.9 Å². The van der Waals surface area contributed by atoms with E-state index in [2.05, 4.69) is 16.0 Å². The number of benzene rings is 2. The molecule has 2 aromatic carbocycles. The van der Waals surface area contributed by atoms with E-state index in [-0.39, 0.29) is 42.7 Å². The maximum absolute atomic E-state index is 13.0. The molecule has 3 N–H and O–H groups in total. The summed E-state index contributed by atoms with van der Waals surface area (Å²) in [5.41, 5.74) is 3.76. The van der Waals surface area contributed by atoms with Crippen molar-refractivity contribution < 1.29 is 28.7 Å². The average Bonchev–Trinajstić information content (AvgIpc) is 3.30. The maximum atomic E-state index is 13.0. The molecular formula is C31H39N5O6S. The third kappa shape index (κ3) is 10.2. The van der Waals surface area contributed by atoms with Gasteiger partial charge in [-0.15, -0.1) is 11.8 Å². The number of ether oxygens (including phenoxy) is 2. The highest BCUT2D eigenvalue weighted by Crippen LogP contribution is 2.37. The fourth-order valence-corrected chi connectivity index (χ4v) is 6.19. The predicted molar refractivity (Wildman–Crippen MR) is 165 cm³/mol. The van der Waals surface area contributed by atoms with E-state index >= 15 is 0 Å². The molecule has 43 heavy (non-hydrogen) atoms. The van der Waals surface area contributed by atoms with Crippen molar-refractivity contribution in [2.45, 2.75) is 50.7 Å². The summed E-state index contributed by atoms with van der Waals surface area (Å²) < 4.78 is 9.79. The van der Waals surface area contributed by atoms with Crippen LogP contribution in [0.5, 0.6) is 0 Å². The SMILES string of the molecule is CCOC(=O)CNC(=O)Nc1ccc(Cc2ccc(NCCC3SC(CC(C#N)C(=O)OCC)N(CC)C3=O)cc2)cc1. The zero-order valence-electron chi connectivity index (χ0n) is 24.8. The topological polar surface area (TPSA) is 150 Å². The van der Waals surface area contributed by atoms with Crippen LogP contribution in [-0.4, -0.2) is 72.2 Å². The molecule has 1 heterocycles. The van der Waals surface area contributed by atoms with Gasteiger partial charge in [-0.25, -0.2) is 4.79 Å². The van der Waals surface area contributed by atoms with Crippen molar-refractivity contribution in [1.82, 2.24) is 10.2 Å². The van der Waals surface area contributed by atoms with Gasteiger partial charge < -0.3 is 30.3 Å². The molecule has 230 valence electrons. The van der Waals surface area contributed by atoms with Crippen molar-refractivity contribution in [3.63, 3.8) is 0 Å². The van der Waals surface area contributed by atoms with Crippen molar-refractivity contribution in [1.29, 1.82) is 5.26 Å². The van der Waals surface area contributed by atoms with Gasteiger partial charge in [0, 0.05) is 30.9 Å². The second-order valence-electron chi connectivity index (χ2n) is 9.77. The first kappa shape index (κ1) is 33.3. The van der Waals surface area contributed by atoms with Gasteiger partial charge in [0.05, 0.1) is 29.9 Å². The fourth-order valence-electron chi connectivity index (χ4n) is 4.60. The number of esters is 2. The number of hydrogen-bond acceptors (Lipinski definition) is 9. The molecule has 0 aromatic heterocycles. The molecule has 0 saturated carbocycles. The van der Waals surface area contributed by atoms with Gasteiger partial charge in [-0.2, -0.15) is 5.26 Å². The Hall–Kier alpha value is -4.24. The van der Waals surface area contributed by atoms with Crippen molar-refractivity contribution in [3.8, 4) is 6.07 Å². The van der Waals surface area contributed by atoms with Crippen LogP contribution in [0.1, 0.15) is 44.7 Å². The monoisotopic (exact) mass is 609 g/mol. The lowest BCUT2D eigenvalue weighted by Gasteiger charge is -2.23. The molecule has 3 rings (SSSR count). The Morgan fingerprint density at radius 2 is 1.60 bits per heavy atom. The smallest absolute Gasteiger partial charge is 0.325 e. The average molecular weight is 610 g/mol. The molecular weight excluding hydrogens is 570 g/mol. The summed E-state index contributed by atoms with van der Waals surface area (Å²) in [5, 5.41) is 17.5. The lowest BCUT2D eigenvalue weighted by atomic mass is 10.0. The minimum Gasteiger partial charge on any atom is -0.465 e. The van der Waals surface area contributed by atoms with Crippen LogP contribution >= 0.6 is 11.8 Å². The normalized spacial score (nSPS) is 16.6. The standard InChI is InChI=1S/C31H39N5O6S/c1-4-36-27(18-23(19-32)30(39)42-6-3)43-26(29(36)38)15-16-33-24-11-7-21(8-12-24)17-22-9-13-25(14-10-22)35-31(40)34-20-28(37)41-5-2/h7-14,23,26-27,33H,4-6,15-18,20H2,1-3H3,(H2,34,35,40).